The third-order valence-corrected chi connectivity index (χ3v) is 6.39. The maximum Gasteiger partial charge on any atom is 0.246 e. The molecule has 0 aromatic heterocycles. The molecule has 1 aliphatic rings. The van der Waals surface area contributed by atoms with Gasteiger partial charge in [-0.2, -0.15) is 4.31 Å². The quantitative estimate of drug-likeness (QED) is 0.879. The van der Waals surface area contributed by atoms with Crippen LogP contribution in [0.25, 0.3) is 0 Å². The second-order valence-electron chi connectivity index (χ2n) is 5.46. The first-order valence-electron chi connectivity index (χ1n) is 7.38. The van der Waals surface area contributed by atoms with Crippen LogP contribution in [-0.2, 0) is 10.0 Å². The fraction of sp³-hybridized carbons (Fsp3) is 0.250. The molecule has 2 aromatic rings. The summed E-state index contributed by atoms with van der Waals surface area (Å²) in [6, 6.07) is 12.4. The highest BCUT2D eigenvalue weighted by molar-refractivity contribution is 7.89. The number of hydrogen-bond donors (Lipinski definition) is 1. The summed E-state index contributed by atoms with van der Waals surface area (Å²) in [5, 5.41) is 10.1. The van der Waals surface area contributed by atoms with Crippen LogP contribution in [0.2, 0.25) is 10.0 Å². The third-order valence-electron chi connectivity index (χ3n) is 3.97. The summed E-state index contributed by atoms with van der Waals surface area (Å²) < 4.78 is 26.9. The number of piperazine rings is 1. The number of nitrogens with zero attached hydrogens (tertiary/aromatic N) is 2. The van der Waals surface area contributed by atoms with E-state index in [1.165, 1.54) is 16.4 Å². The van der Waals surface area contributed by atoms with Crippen molar-refractivity contribution in [1.29, 1.82) is 0 Å². The standard InChI is InChI=1S/C16H16Cl2N2O3S/c17-12-10-14(18)16(21)15(11-12)24(22,23)20-8-6-19(7-9-20)13-4-2-1-3-5-13/h1-5,10-11,21H,6-9H2. The largest absolute Gasteiger partial charge is 0.505 e. The number of phenols is 1. The molecule has 5 nitrogen and oxygen atoms in total. The minimum absolute atomic E-state index is 0.0796. The van der Waals surface area contributed by atoms with Gasteiger partial charge >= 0.3 is 0 Å². The second-order valence-corrected chi connectivity index (χ2v) is 8.21. The molecular weight excluding hydrogens is 371 g/mol. The zero-order valence-electron chi connectivity index (χ0n) is 12.7. The summed E-state index contributed by atoms with van der Waals surface area (Å²) in [5.74, 6) is -0.466. The number of phenolic OH excluding ortho intramolecular Hbond substituents is 1. The molecular formula is C16H16Cl2N2O3S. The van der Waals surface area contributed by atoms with E-state index in [-0.39, 0.29) is 14.9 Å². The van der Waals surface area contributed by atoms with E-state index in [1.54, 1.807) is 0 Å². The molecule has 2 aromatic carbocycles. The van der Waals surface area contributed by atoms with Crippen LogP contribution in [0.3, 0.4) is 0 Å². The van der Waals surface area contributed by atoms with Gasteiger partial charge in [-0.25, -0.2) is 8.42 Å². The fourth-order valence-electron chi connectivity index (χ4n) is 2.70. The Bertz CT molecular complexity index is 836. The van der Waals surface area contributed by atoms with E-state index in [2.05, 4.69) is 4.90 Å². The van der Waals surface area contributed by atoms with Crippen LogP contribution in [0, 0.1) is 0 Å². The predicted molar refractivity (Wildman–Crippen MR) is 95.5 cm³/mol. The molecule has 0 spiro atoms. The van der Waals surface area contributed by atoms with Gasteiger partial charge in [0.1, 0.15) is 4.90 Å². The maximum atomic E-state index is 12.8. The van der Waals surface area contributed by atoms with Crippen molar-refractivity contribution in [1.82, 2.24) is 4.31 Å². The van der Waals surface area contributed by atoms with Crippen molar-refractivity contribution >= 4 is 38.9 Å². The molecule has 128 valence electrons. The summed E-state index contributed by atoms with van der Waals surface area (Å²) in [4.78, 5) is 1.87. The lowest BCUT2D eigenvalue weighted by atomic mass is 10.2. The highest BCUT2D eigenvalue weighted by Crippen LogP contribution is 2.36. The molecule has 0 radical (unpaired) electrons. The Hall–Kier alpha value is -1.47. The molecule has 3 rings (SSSR count). The van der Waals surface area contributed by atoms with E-state index in [0.29, 0.717) is 26.2 Å². The van der Waals surface area contributed by atoms with Crippen molar-refractivity contribution in [2.75, 3.05) is 31.1 Å². The van der Waals surface area contributed by atoms with Gasteiger partial charge in [0.05, 0.1) is 5.02 Å². The number of anilines is 1. The van der Waals surface area contributed by atoms with Crippen LogP contribution in [0.1, 0.15) is 0 Å². The number of rotatable bonds is 3. The summed E-state index contributed by atoms with van der Waals surface area (Å²) in [6.45, 7) is 1.78. The molecule has 1 fully saturated rings. The second kappa shape index (κ2) is 6.80. The zero-order chi connectivity index (χ0) is 17.3. The van der Waals surface area contributed by atoms with Crippen molar-refractivity contribution in [3.05, 3.63) is 52.5 Å². The third kappa shape index (κ3) is 3.32. The summed E-state index contributed by atoms with van der Waals surface area (Å²) in [7, 11) is -3.86. The Morgan fingerprint density at radius 3 is 2.21 bits per heavy atom. The van der Waals surface area contributed by atoms with Gasteiger partial charge in [0.25, 0.3) is 0 Å². The zero-order valence-corrected chi connectivity index (χ0v) is 15.0. The first-order valence-corrected chi connectivity index (χ1v) is 9.57. The lowest BCUT2D eigenvalue weighted by molar-refractivity contribution is 0.380. The molecule has 0 amide bonds. The van der Waals surface area contributed by atoms with E-state index < -0.39 is 15.8 Å². The minimum atomic E-state index is -3.86. The minimum Gasteiger partial charge on any atom is -0.505 e. The summed E-state index contributed by atoms with van der Waals surface area (Å²) in [5.41, 5.74) is 1.06. The van der Waals surface area contributed by atoms with Gasteiger partial charge in [0, 0.05) is 36.9 Å². The molecule has 0 aliphatic carbocycles. The molecule has 1 N–H and O–H groups in total. The van der Waals surface area contributed by atoms with Gasteiger partial charge in [0.15, 0.2) is 5.75 Å². The molecule has 0 saturated carbocycles. The fourth-order valence-corrected chi connectivity index (χ4v) is 4.87. The molecule has 24 heavy (non-hydrogen) atoms. The van der Waals surface area contributed by atoms with Crippen LogP contribution in [0.5, 0.6) is 5.75 Å². The Morgan fingerprint density at radius 1 is 0.958 bits per heavy atom. The Morgan fingerprint density at radius 2 is 1.58 bits per heavy atom. The van der Waals surface area contributed by atoms with Crippen molar-refractivity contribution in [3.63, 3.8) is 0 Å². The van der Waals surface area contributed by atoms with Crippen LogP contribution < -0.4 is 4.90 Å². The number of benzene rings is 2. The number of halogens is 2. The van der Waals surface area contributed by atoms with Crippen molar-refractivity contribution < 1.29 is 13.5 Å². The average molecular weight is 387 g/mol. The lowest BCUT2D eigenvalue weighted by Crippen LogP contribution is -2.48. The van der Waals surface area contributed by atoms with Crippen LogP contribution in [0.4, 0.5) is 5.69 Å². The highest BCUT2D eigenvalue weighted by Gasteiger charge is 2.31. The van der Waals surface area contributed by atoms with E-state index in [4.69, 9.17) is 23.2 Å². The maximum absolute atomic E-state index is 12.8. The molecule has 0 unspecified atom stereocenters. The average Bonchev–Trinajstić information content (AvgIpc) is 2.59. The van der Waals surface area contributed by atoms with E-state index in [9.17, 15) is 13.5 Å². The predicted octanol–water partition coefficient (Wildman–Crippen LogP) is 3.21. The van der Waals surface area contributed by atoms with Crippen LogP contribution >= 0.6 is 23.2 Å². The van der Waals surface area contributed by atoms with Gasteiger partial charge in [-0.1, -0.05) is 41.4 Å². The summed E-state index contributed by atoms with van der Waals surface area (Å²) >= 11 is 11.7. The monoisotopic (exact) mass is 386 g/mol. The van der Waals surface area contributed by atoms with Gasteiger partial charge in [-0.05, 0) is 24.3 Å². The normalized spacial score (nSPS) is 16.3. The number of para-hydroxylation sites is 1. The molecule has 1 aliphatic heterocycles. The van der Waals surface area contributed by atoms with Crippen LogP contribution in [0.15, 0.2) is 47.4 Å². The lowest BCUT2D eigenvalue weighted by Gasteiger charge is -2.35. The topological polar surface area (TPSA) is 60.9 Å². The highest BCUT2D eigenvalue weighted by atomic mass is 35.5. The molecule has 1 heterocycles. The van der Waals surface area contributed by atoms with Gasteiger partial charge in [-0.3, -0.25) is 0 Å². The SMILES string of the molecule is O=S(=O)(c1cc(Cl)cc(Cl)c1O)N1CCN(c2ccccc2)CC1. The number of hydrogen-bond acceptors (Lipinski definition) is 4. The number of sulfonamides is 1. The first kappa shape index (κ1) is 17.4. The summed E-state index contributed by atoms with van der Waals surface area (Å²) in [6.07, 6.45) is 0. The first-order chi connectivity index (χ1) is 11.4. The smallest absolute Gasteiger partial charge is 0.246 e. The Labute approximate surface area is 151 Å². The van der Waals surface area contributed by atoms with Crippen LogP contribution in [-0.4, -0.2) is 44.0 Å². The van der Waals surface area contributed by atoms with Gasteiger partial charge < -0.3 is 10.0 Å². The Kier molecular flexibility index (Phi) is 4.92. The van der Waals surface area contributed by atoms with E-state index in [1.807, 2.05) is 30.3 Å². The van der Waals surface area contributed by atoms with Gasteiger partial charge in [0.2, 0.25) is 10.0 Å². The molecule has 0 atom stereocenters. The van der Waals surface area contributed by atoms with Gasteiger partial charge in [-0.15, -0.1) is 0 Å². The Balaban J connectivity index is 1.81. The molecule has 8 heteroatoms. The van der Waals surface area contributed by atoms with E-state index >= 15 is 0 Å². The molecule has 1 saturated heterocycles. The van der Waals surface area contributed by atoms with Crippen molar-refractivity contribution in [3.8, 4) is 5.75 Å². The van der Waals surface area contributed by atoms with Crippen molar-refractivity contribution in [2.24, 2.45) is 0 Å². The number of aromatic hydroxyl groups is 1. The molecule has 0 bridgehead atoms. The van der Waals surface area contributed by atoms with Crippen molar-refractivity contribution in [2.45, 2.75) is 4.90 Å². The van der Waals surface area contributed by atoms with E-state index in [0.717, 1.165) is 5.69 Å².